The van der Waals surface area contributed by atoms with E-state index in [1.54, 1.807) is 28.7 Å². The van der Waals surface area contributed by atoms with Crippen LogP contribution in [0, 0.1) is 0 Å². The van der Waals surface area contributed by atoms with E-state index in [-0.39, 0.29) is 5.91 Å². The number of hydrogen-bond donors (Lipinski definition) is 0. The van der Waals surface area contributed by atoms with Gasteiger partial charge < -0.3 is 4.90 Å². The third-order valence-electron chi connectivity index (χ3n) is 3.05. The molecule has 0 unspecified atom stereocenters. The van der Waals surface area contributed by atoms with Crippen molar-refractivity contribution in [2.75, 3.05) is 6.54 Å². The van der Waals surface area contributed by atoms with E-state index in [1.807, 2.05) is 28.5 Å². The SMILES string of the molecule is O=C(/C=C/c1cccs1)N1CCc2sccc2C1. The van der Waals surface area contributed by atoms with Crippen LogP contribution in [0.25, 0.3) is 6.08 Å². The Bertz CT molecular complexity index is 568. The third kappa shape index (κ3) is 2.40. The van der Waals surface area contributed by atoms with Gasteiger partial charge in [0.25, 0.3) is 0 Å². The molecular formula is C14H13NOS2. The summed E-state index contributed by atoms with van der Waals surface area (Å²) < 4.78 is 0. The van der Waals surface area contributed by atoms with Crippen molar-refractivity contribution in [3.8, 4) is 0 Å². The summed E-state index contributed by atoms with van der Waals surface area (Å²) in [5.74, 6) is 0.111. The van der Waals surface area contributed by atoms with Gasteiger partial charge in [0.2, 0.25) is 5.91 Å². The molecule has 3 heterocycles. The highest BCUT2D eigenvalue weighted by Gasteiger charge is 2.19. The monoisotopic (exact) mass is 275 g/mol. The molecule has 92 valence electrons. The van der Waals surface area contributed by atoms with E-state index in [9.17, 15) is 4.79 Å². The average molecular weight is 275 g/mol. The normalized spacial score (nSPS) is 15.0. The quantitative estimate of drug-likeness (QED) is 0.769. The minimum atomic E-state index is 0.111. The topological polar surface area (TPSA) is 20.3 Å². The van der Waals surface area contributed by atoms with Crippen LogP contribution < -0.4 is 0 Å². The minimum absolute atomic E-state index is 0.111. The van der Waals surface area contributed by atoms with Gasteiger partial charge in [-0.1, -0.05) is 6.07 Å². The second-order valence-electron chi connectivity index (χ2n) is 4.23. The predicted octanol–water partition coefficient (Wildman–Crippen LogP) is 3.41. The molecule has 0 N–H and O–H groups in total. The Morgan fingerprint density at radius 2 is 2.22 bits per heavy atom. The molecule has 1 aliphatic rings. The van der Waals surface area contributed by atoms with Gasteiger partial charge in [-0.15, -0.1) is 22.7 Å². The van der Waals surface area contributed by atoms with Crippen molar-refractivity contribution in [3.63, 3.8) is 0 Å². The van der Waals surface area contributed by atoms with Crippen LogP contribution in [0.4, 0.5) is 0 Å². The average Bonchev–Trinajstić information content (AvgIpc) is 3.05. The molecule has 1 amide bonds. The van der Waals surface area contributed by atoms with Gasteiger partial charge in [0.1, 0.15) is 0 Å². The molecule has 3 rings (SSSR count). The fraction of sp³-hybridized carbons (Fsp3) is 0.214. The largest absolute Gasteiger partial charge is 0.334 e. The Kier molecular flexibility index (Phi) is 3.30. The molecule has 0 fully saturated rings. The summed E-state index contributed by atoms with van der Waals surface area (Å²) >= 11 is 3.44. The highest BCUT2D eigenvalue weighted by Crippen LogP contribution is 2.24. The van der Waals surface area contributed by atoms with Crippen molar-refractivity contribution in [3.05, 3.63) is 50.4 Å². The molecule has 0 saturated heterocycles. The van der Waals surface area contributed by atoms with Gasteiger partial charge in [-0.2, -0.15) is 0 Å². The van der Waals surface area contributed by atoms with E-state index in [0.29, 0.717) is 0 Å². The van der Waals surface area contributed by atoms with Crippen LogP contribution >= 0.6 is 22.7 Å². The van der Waals surface area contributed by atoms with Gasteiger partial charge in [-0.3, -0.25) is 4.79 Å². The standard InChI is InChI=1S/C14H13NOS2/c16-14(4-3-12-2-1-8-17-12)15-7-5-13-11(10-15)6-9-18-13/h1-4,6,8-9H,5,7,10H2/b4-3+. The molecule has 2 aromatic heterocycles. The van der Waals surface area contributed by atoms with E-state index in [0.717, 1.165) is 24.4 Å². The van der Waals surface area contributed by atoms with Crippen molar-refractivity contribution in [1.82, 2.24) is 4.90 Å². The molecule has 18 heavy (non-hydrogen) atoms. The van der Waals surface area contributed by atoms with E-state index in [2.05, 4.69) is 11.4 Å². The Morgan fingerprint density at radius 3 is 3.06 bits per heavy atom. The molecule has 2 aromatic rings. The summed E-state index contributed by atoms with van der Waals surface area (Å²) in [5, 5.41) is 4.13. The van der Waals surface area contributed by atoms with Gasteiger partial charge in [0, 0.05) is 28.9 Å². The lowest BCUT2D eigenvalue weighted by Gasteiger charge is -2.25. The van der Waals surface area contributed by atoms with Gasteiger partial charge in [-0.05, 0) is 41.0 Å². The number of carbonyl (C=O) groups is 1. The lowest BCUT2D eigenvalue weighted by molar-refractivity contribution is -0.126. The second kappa shape index (κ2) is 5.08. The van der Waals surface area contributed by atoms with Crippen molar-refractivity contribution < 1.29 is 4.79 Å². The Morgan fingerprint density at radius 1 is 1.28 bits per heavy atom. The molecule has 0 aromatic carbocycles. The molecule has 0 bridgehead atoms. The lowest BCUT2D eigenvalue weighted by Crippen LogP contribution is -2.34. The number of rotatable bonds is 2. The number of thiophene rings is 2. The van der Waals surface area contributed by atoms with E-state index >= 15 is 0 Å². The van der Waals surface area contributed by atoms with Crippen LogP contribution in [0.15, 0.2) is 35.0 Å². The lowest BCUT2D eigenvalue weighted by atomic mass is 10.1. The fourth-order valence-corrected chi connectivity index (χ4v) is 3.59. The molecular weight excluding hydrogens is 262 g/mol. The van der Waals surface area contributed by atoms with Gasteiger partial charge >= 0.3 is 0 Å². The number of hydrogen-bond acceptors (Lipinski definition) is 3. The molecule has 0 radical (unpaired) electrons. The van der Waals surface area contributed by atoms with Crippen molar-refractivity contribution in [2.45, 2.75) is 13.0 Å². The number of amides is 1. The summed E-state index contributed by atoms with van der Waals surface area (Å²) in [5.41, 5.74) is 1.31. The maximum absolute atomic E-state index is 12.1. The smallest absolute Gasteiger partial charge is 0.246 e. The first-order valence-electron chi connectivity index (χ1n) is 5.88. The number of carbonyl (C=O) groups excluding carboxylic acids is 1. The van der Waals surface area contributed by atoms with Gasteiger partial charge in [0.15, 0.2) is 0 Å². The Balaban J connectivity index is 1.68. The first-order valence-corrected chi connectivity index (χ1v) is 7.64. The highest BCUT2D eigenvalue weighted by molar-refractivity contribution is 7.10. The highest BCUT2D eigenvalue weighted by atomic mass is 32.1. The summed E-state index contributed by atoms with van der Waals surface area (Å²) in [6, 6.07) is 6.14. The zero-order valence-corrected chi connectivity index (χ0v) is 11.5. The van der Waals surface area contributed by atoms with Gasteiger partial charge in [-0.25, -0.2) is 0 Å². The van der Waals surface area contributed by atoms with E-state index in [4.69, 9.17) is 0 Å². The Labute approximate surface area is 114 Å². The van der Waals surface area contributed by atoms with Crippen LogP contribution in [-0.4, -0.2) is 17.4 Å². The minimum Gasteiger partial charge on any atom is -0.334 e. The molecule has 2 nitrogen and oxygen atoms in total. The molecule has 0 aliphatic carbocycles. The molecule has 0 saturated carbocycles. The number of nitrogens with zero attached hydrogens (tertiary/aromatic N) is 1. The zero-order chi connectivity index (χ0) is 12.4. The zero-order valence-electron chi connectivity index (χ0n) is 9.83. The van der Waals surface area contributed by atoms with Crippen LogP contribution in [-0.2, 0) is 17.8 Å². The second-order valence-corrected chi connectivity index (χ2v) is 6.21. The van der Waals surface area contributed by atoms with Crippen molar-refractivity contribution in [2.24, 2.45) is 0 Å². The van der Waals surface area contributed by atoms with Crippen molar-refractivity contribution in [1.29, 1.82) is 0 Å². The van der Waals surface area contributed by atoms with E-state index < -0.39 is 0 Å². The Hall–Kier alpha value is -1.39. The first-order chi connectivity index (χ1) is 8.83. The summed E-state index contributed by atoms with van der Waals surface area (Å²) in [4.78, 5) is 16.5. The molecule has 0 atom stereocenters. The summed E-state index contributed by atoms with van der Waals surface area (Å²) in [6.07, 6.45) is 4.57. The maximum atomic E-state index is 12.1. The maximum Gasteiger partial charge on any atom is 0.246 e. The van der Waals surface area contributed by atoms with Gasteiger partial charge in [0.05, 0.1) is 0 Å². The summed E-state index contributed by atoms with van der Waals surface area (Å²) in [6.45, 7) is 1.59. The fourth-order valence-electron chi connectivity index (χ4n) is 2.08. The predicted molar refractivity (Wildman–Crippen MR) is 76.8 cm³/mol. The van der Waals surface area contributed by atoms with Crippen LogP contribution in [0.2, 0.25) is 0 Å². The van der Waals surface area contributed by atoms with Crippen LogP contribution in [0.1, 0.15) is 15.3 Å². The molecule has 1 aliphatic heterocycles. The third-order valence-corrected chi connectivity index (χ3v) is 4.91. The molecule has 4 heteroatoms. The first kappa shape index (κ1) is 11.7. The molecule has 0 spiro atoms. The summed E-state index contributed by atoms with van der Waals surface area (Å²) in [7, 11) is 0. The van der Waals surface area contributed by atoms with E-state index in [1.165, 1.54) is 10.4 Å². The number of fused-ring (bicyclic) bond motifs is 1. The van der Waals surface area contributed by atoms with Crippen LogP contribution in [0.5, 0.6) is 0 Å². The van der Waals surface area contributed by atoms with Crippen LogP contribution in [0.3, 0.4) is 0 Å². The van der Waals surface area contributed by atoms with Crippen molar-refractivity contribution >= 4 is 34.7 Å².